The minimum atomic E-state index is 0.240. The van der Waals surface area contributed by atoms with Crippen molar-refractivity contribution >= 4 is 33.0 Å². The van der Waals surface area contributed by atoms with Gasteiger partial charge in [0.1, 0.15) is 0 Å². The average Bonchev–Trinajstić information content (AvgIpc) is 2.53. The summed E-state index contributed by atoms with van der Waals surface area (Å²) in [5.74, 6) is 0.240. The molecule has 0 amide bonds. The van der Waals surface area contributed by atoms with Crippen LogP contribution in [0.1, 0.15) is 25.1 Å². The lowest BCUT2D eigenvalue weighted by molar-refractivity contribution is -0.115. The van der Waals surface area contributed by atoms with Gasteiger partial charge in [0.05, 0.1) is 3.79 Å². The summed E-state index contributed by atoms with van der Waals surface area (Å²) in [4.78, 5) is 12.8. The summed E-state index contributed by atoms with van der Waals surface area (Å²) in [5, 5.41) is 0. The molecule has 1 aromatic rings. The summed E-state index contributed by atoms with van der Waals surface area (Å²) < 4.78 is 1.08. The van der Waals surface area contributed by atoms with Crippen molar-refractivity contribution in [3.8, 4) is 0 Å². The van der Waals surface area contributed by atoms with Crippen molar-refractivity contribution in [2.24, 2.45) is 0 Å². The molecule has 0 saturated heterocycles. The van der Waals surface area contributed by atoms with Gasteiger partial charge in [-0.2, -0.15) is 0 Å². The molecule has 14 heavy (non-hydrogen) atoms. The Morgan fingerprint density at radius 2 is 2.29 bits per heavy atom. The van der Waals surface area contributed by atoms with Crippen LogP contribution >= 0.6 is 27.3 Å². The highest BCUT2D eigenvalue weighted by atomic mass is 79.9. The number of carbonyl (C=O) groups is 1. The van der Waals surface area contributed by atoms with Crippen molar-refractivity contribution in [1.29, 1.82) is 0 Å². The third-order valence-corrected chi connectivity index (χ3v) is 3.67. The Morgan fingerprint density at radius 3 is 2.71 bits per heavy atom. The zero-order chi connectivity index (χ0) is 10.6. The second kappa shape index (κ2) is 5.47. The van der Waals surface area contributed by atoms with Gasteiger partial charge >= 0.3 is 0 Å². The monoisotopic (exact) mass is 272 g/mol. The average molecular weight is 273 g/mol. The first-order valence-electron chi connectivity index (χ1n) is 4.60. The molecule has 0 radical (unpaired) electrons. The smallest absolute Gasteiger partial charge is 0.163 e. The number of rotatable bonds is 4. The van der Waals surface area contributed by atoms with Gasteiger partial charge in [0, 0.05) is 11.3 Å². The summed E-state index contributed by atoms with van der Waals surface area (Å²) in [6.07, 6.45) is 3.26. The van der Waals surface area contributed by atoms with Crippen LogP contribution < -0.4 is 0 Å². The van der Waals surface area contributed by atoms with Crippen molar-refractivity contribution in [3.05, 3.63) is 32.4 Å². The molecular formula is C11H13BrOS. The quantitative estimate of drug-likeness (QED) is 0.758. The molecule has 1 nitrogen and oxygen atoms in total. The molecule has 0 fully saturated rings. The van der Waals surface area contributed by atoms with Gasteiger partial charge in [0.15, 0.2) is 5.78 Å². The van der Waals surface area contributed by atoms with Gasteiger partial charge in [-0.25, -0.2) is 0 Å². The van der Waals surface area contributed by atoms with Crippen LogP contribution in [-0.4, -0.2) is 5.78 Å². The lowest BCUT2D eigenvalue weighted by Crippen LogP contribution is -2.04. The Kier molecular flexibility index (Phi) is 4.55. The minimum Gasteiger partial charge on any atom is -0.294 e. The fourth-order valence-corrected chi connectivity index (χ4v) is 2.76. The highest BCUT2D eigenvalue weighted by Crippen LogP contribution is 2.23. The van der Waals surface area contributed by atoms with E-state index in [0.29, 0.717) is 6.42 Å². The molecule has 0 aliphatic heterocycles. The third kappa shape index (κ3) is 3.07. The number of ketones is 1. The fourth-order valence-electron chi connectivity index (χ4n) is 1.28. The summed E-state index contributed by atoms with van der Waals surface area (Å²) >= 11 is 5.01. The molecule has 1 rings (SSSR count). The highest BCUT2D eigenvalue weighted by molar-refractivity contribution is 9.11. The predicted molar refractivity (Wildman–Crippen MR) is 64.8 cm³/mol. The number of thiophene rings is 1. The van der Waals surface area contributed by atoms with E-state index in [0.717, 1.165) is 20.7 Å². The molecular weight excluding hydrogens is 260 g/mol. The number of allylic oxidation sites excluding steroid dienone is 2. The lowest BCUT2D eigenvalue weighted by atomic mass is 10.1. The van der Waals surface area contributed by atoms with Gasteiger partial charge in [-0.1, -0.05) is 13.0 Å². The van der Waals surface area contributed by atoms with Crippen LogP contribution in [0.15, 0.2) is 27.6 Å². The first-order chi connectivity index (χ1) is 6.67. The first-order valence-corrected chi connectivity index (χ1v) is 6.21. The maximum absolute atomic E-state index is 11.7. The molecule has 0 N–H and O–H groups in total. The number of hydrogen-bond donors (Lipinski definition) is 0. The van der Waals surface area contributed by atoms with Gasteiger partial charge in [0.2, 0.25) is 0 Å². The third-order valence-electron chi connectivity index (χ3n) is 2.05. The Hall–Kier alpha value is -0.410. The van der Waals surface area contributed by atoms with E-state index in [1.165, 1.54) is 0 Å². The topological polar surface area (TPSA) is 17.1 Å². The molecule has 0 atom stereocenters. The molecule has 76 valence electrons. The van der Waals surface area contributed by atoms with E-state index in [9.17, 15) is 4.79 Å². The molecule has 1 heterocycles. The summed E-state index contributed by atoms with van der Waals surface area (Å²) in [7, 11) is 0. The molecule has 0 spiro atoms. The van der Waals surface area contributed by atoms with Crippen LogP contribution in [0.2, 0.25) is 0 Å². The summed E-state index contributed by atoms with van der Waals surface area (Å²) in [6.45, 7) is 3.93. The molecule has 0 aliphatic rings. The van der Waals surface area contributed by atoms with E-state index < -0.39 is 0 Å². The molecule has 0 unspecified atom stereocenters. The van der Waals surface area contributed by atoms with Crippen LogP contribution in [0.4, 0.5) is 0 Å². The van der Waals surface area contributed by atoms with E-state index in [2.05, 4.69) is 15.9 Å². The Bertz CT molecular complexity index is 352. The van der Waals surface area contributed by atoms with Crippen molar-refractivity contribution in [2.75, 3.05) is 0 Å². The zero-order valence-corrected chi connectivity index (χ0v) is 10.7. The second-order valence-electron chi connectivity index (χ2n) is 2.97. The molecule has 1 aromatic heterocycles. The highest BCUT2D eigenvalue weighted by Gasteiger charge is 2.08. The lowest BCUT2D eigenvalue weighted by Gasteiger charge is -2.00. The van der Waals surface area contributed by atoms with Gasteiger partial charge in [-0.15, -0.1) is 11.3 Å². The standard InChI is InChI=1S/C11H13BrOS/c1-3-8(4-2)10(13)7-9-5-6-11(12)14-9/h3,5-6H,4,7H2,1-2H3/b8-3-. The van der Waals surface area contributed by atoms with E-state index >= 15 is 0 Å². The molecule has 0 saturated carbocycles. The Labute approximate surface area is 97.0 Å². The predicted octanol–water partition coefficient (Wildman–Crippen LogP) is 3.98. The van der Waals surface area contributed by atoms with Crippen LogP contribution in [-0.2, 0) is 11.2 Å². The van der Waals surface area contributed by atoms with Crippen LogP contribution in [0.3, 0.4) is 0 Å². The van der Waals surface area contributed by atoms with Crippen molar-refractivity contribution in [1.82, 2.24) is 0 Å². The van der Waals surface area contributed by atoms with Crippen LogP contribution in [0, 0.1) is 0 Å². The molecule has 3 heteroatoms. The maximum atomic E-state index is 11.7. The number of Topliss-reactive ketones (excluding diaryl/α,β-unsaturated/α-hetero) is 1. The van der Waals surface area contributed by atoms with Gasteiger partial charge in [0.25, 0.3) is 0 Å². The number of halogens is 1. The molecule has 0 aromatic carbocycles. The van der Waals surface area contributed by atoms with E-state index in [4.69, 9.17) is 0 Å². The fraction of sp³-hybridized carbons (Fsp3) is 0.364. The normalized spacial score (nSPS) is 11.8. The van der Waals surface area contributed by atoms with E-state index in [-0.39, 0.29) is 5.78 Å². The van der Waals surface area contributed by atoms with Crippen molar-refractivity contribution < 1.29 is 4.79 Å². The number of hydrogen-bond acceptors (Lipinski definition) is 2. The first kappa shape index (κ1) is 11.7. The van der Waals surface area contributed by atoms with Crippen molar-refractivity contribution in [2.45, 2.75) is 26.7 Å². The second-order valence-corrected chi connectivity index (χ2v) is 5.52. The minimum absolute atomic E-state index is 0.240. The summed E-state index contributed by atoms with van der Waals surface area (Å²) in [6, 6.07) is 3.98. The number of carbonyl (C=O) groups excluding carboxylic acids is 1. The Balaban J connectivity index is 2.66. The van der Waals surface area contributed by atoms with Crippen LogP contribution in [0.5, 0.6) is 0 Å². The maximum Gasteiger partial charge on any atom is 0.163 e. The van der Waals surface area contributed by atoms with E-state index in [1.807, 2.05) is 32.1 Å². The summed E-state index contributed by atoms with van der Waals surface area (Å²) in [5.41, 5.74) is 0.925. The van der Waals surface area contributed by atoms with Gasteiger partial charge in [-0.05, 0) is 47.0 Å². The van der Waals surface area contributed by atoms with Gasteiger partial charge < -0.3 is 0 Å². The van der Waals surface area contributed by atoms with Gasteiger partial charge in [-0.3, -0.25) is 4.79 Å². The Morgan fingerprint density at radius 1 is 1.57 bits per heavy atom. The largest absolute Gasteiger partial charge is 0.294 e. The molecule has 0 aliphatic carbocycles. The van der Waals surface area contributed by atoms with E-state index in [1.54, 1.807) is 11.3 Å². The molecule has 0 bridgehead atoms. The SMILES string of the molecule is C/C=C(/CC)C(=O)Cc1ccc(Br)s1. The van der Waals surface area contributed by atoms with Crippen LogP contribution in [0.25, 0.3) is 0 Å². The van der Waals surface area contributed by atoms with Crippen molar-refractivity contribution in [3.63, 3.8) is 0 Å². The zero-order valence-electron chi connectivity index (χ0n) is 8.34.